The van der Waals surface area contributed by atoms with E-state index in [0.29, 0.717) is 16.5 Å². The fourth-order valence-corrected chi connectivity index (χ4v) is 3.29. The molecule has 0 aromatic heterocycles. The second kappa shape index (κ2) is 8.67. The normalized spacial score (nSPS) is 10.8. The molecular weight excluding hydrogens is 378 g/mol. The summed E-state index contributed by atoms with van der Waals surface area (Å²) in [5.41, 5.74) is 0.669. The maximum atomic E-state index is 12.4. The van der Waals surface area contributed by atoms with E-state index in [1.165, 1.54) is 31.4 Å². The predicted molar refractivity (Wildman–Crippen MR) is 97.8 cm³/mol. The molecule has 9 heteroatoms. The number of halogens is 1. The molecule has 0 unspecified atom stereocenters. The van der Waals surface area contributed by atoms with E-state index in [-0.39, 0.29) is 23.4 Å². The van der Waals surface area contributed by atoms with Crippen LogP contribution in [0.1, 0.15) is 16.8 Å². The lowest BCUT2D eigenvalue weighted by molar-refractivity contribution is 0.102. The number of carbonyl (C=O) groups is 1. The van der Waals surface area contributed by atoms with E-state index < -0.39 is 15.9 Å². The highest BCUT2D eigenvalue weighted by Gasteiger charge is 2.15. The lowest BCUT2D eigenvalue weighted by atomic mass is 10.2. The van der Waals surface area contributed by atoms with Gasteiger partial charge in [0.25, 0.3) is 5.91 Å². The number of rotatable bonds is 7. The molecule has 0 radical (unpaired) electrons. The van der Waals surface area contributed by atoms with E-state index in [0.717, 1.165) is 0 Å². The summed E-state index contributed by atoms with van der Waals surface area (Å²) in [6.45, 7) is 0.0234. The molecule has 0 saturated heterocycles. The van der Waals surface area contributed by atoms with Crippen molar-refractivity contribution >= 4 is 33.2 Å². The number of sulfonamides is 1. The molecule has 0 fully saturated rings. The lowest BCUT2D eigenvalue weighted by Gasteiger charge is -2.11. The van der Waals surface area contributed by atoms with Crippen molar-refractivity contribution in [3.8, 4) is 11.8 Å². The molecule has 136 valence electrons. The van der Waals surface area contributed by atoms with Crippen LogP contribution < -0.4 is 14.8 Å². The molecule has 2 aromatic carbocycles. The Morgan fingerprint density at radius 3 is 2.54 bits per heavy atom. The van der Waals surface area contributed by atoms with Crippen LogP contribution in [0.3, 0.4) is 0 Å². The standard InChI is InChI=1S/C17H16ClN3O4S/c1-25-16-8-5-13(18)11-15(16)21-17(22)12-3-6-14(7-4-12)26(23,24)20-10-2-9-19/h3-8,11,20H,2,10H2,1H3,(H,21,22). The molecular formula is C17H16ClN3O4S. The van der Waals surface area contributed by atoms with Crippen molar-refractivity contribution in [1.29, 1.82) is 5.26 Å². The number of nitriles is 1. The summed E-state index contributed by atoms with van der Waals surface area (Å²) in [5, 5.41) is 11.6. The topological polar surface area (TPSA) is 108 Å². The average molecular weight is 394 g/mol. The fraction of sp³-hybridized carbons (Fsp3) is 0.176. The molecule has 0 spiro atoms. The molecule has 1 amide bonds. The van der Waals surface area contributed by atoms with Gasteiger partial charge in [0.1, 0.15) is 5.75 Å². The van der Waals surface area contributed by atoms with E-state index >= 15 is 0 Å². The molecule has 2 aromatic rings. The number of benzene rings is 2. The number of ether oxygens (including phenoxy) is 1. The Labute approximate surface area is 156 Å². The van der Waals surface area contributed by atoms with E-state index in [4.69, 9.17) is 21.6 Å². The van der Waals surface area contributed by atoms with Crippen LogP contribution in [0.4, 0.5) is 5.69 Å². The summed E-state index contributed by atoms with van der Waals surface area (Å²) in [7, 11) is -2.25. The minimum Gasteiger partial charge on any atom is -0.495 e. The van der Waals surface area contributed by atoms with Gasteiger partial charge in [-0.2, -0.15) is 5.26 Å². The van der Waals surface area contributed by atoms with Crippen molar-refractivity contribution in [3.63, 3.8) is 0 Å². The summed E-state index contributed by atoms with van der Waals surface area (Å²) in [6, 6.07) is 12.1. The van der Waals surface area contributed by atoms with Crippen LogP contribution in [0.15, 0.2) is 47.4 Å². The maximum Gasteiger partial charge on any atom is 0.255 e. The first-order chi connectivity index (χ1) is 12.4. The lowest BCUT2D eigenvalue weighted by Crippen LogP contribution is -2.24. The smallest absolute Gasteiger partial charge is 0.255 e. The first-order valence-corrected chi connectivity index (χ1v) is 9.35. The maximum absolute atomic E-state index is 12.4. The van der Waals surface area contributed by atoms with Gasteiger partial charge in [0.15, 0.2) is 0 Å². The number of methoxy groups -OCH3 is 1. The fourth-order valence-electron chi connectivity index (χ4n) is 2.08. The molecule has 0 heterocycles. The molecule has 0 bridgehead atoms. The largest absolute Gasteiger partial charge is 0.495 e. The second-order valence-corrected chi connectivity index (χ2v) is 7.33. The van der Waals surface area contributed by atoms with E-state index in [1.807, 2.05) is 6.07 Å². The van der Waals surface area contributed by atoms with E-state index in [1.54, 1.807) is 18.2 Å². The van der Waals surface area contributed by atoms with Crippen LogP contribution in [0.25, 0.3) is 0 Å². The SMILES string of the molecule is COc1ccc(Cl)cc1NC(=O)c1ccc(S(=O)(=O)NCCC#N)cc1. The highest BCUT2D eigenvalue weighted by Crippen LogP contribution is 2.28. The van der Waals surface area contributed by atoms with Crippen molar-refractivity contribution in [2.75, 3.05) is 19.0 Å². The van der Waals surface area contributed by atoms with Gasteiger partial charge in [-0.15, -0.1) is 0 Å². The van der Waals surface area contributed by atoms with Gasteiger partial charge < -0.3 is 10.1 Å². The number of carbonyl (C=O) groups excluding carboxylic acids is 1. The Balaban J connectivity index is 2.14. The Morgan fingerprint density at radius 1 is 1.23 bits per heavy atom. The highest BCUT2D eigenvalue weighted by atomic mass is 35.5. The minimum absolute atomic E-state index is 0.00678. The molecule has 2 rings (SSSR count). The second-order valence-electron chi connectivity index (χ2n) is 5.13. The first-order valence-electron chi connectivity index (χ1n) is 7.49. The molecule has 0 aliphatic rings. The summed E-state index contributed by atoms with van der Waals surface area (Å²) in [5.74, 6) is 0.00981. The van der Waals surface area contributed by atoms with Gasteiger partial charge in [-0.1, -0.05) is 11.6 Å². The van der Waals surface area contributed by atoms with Crippen LogP contribution >= 0.6 is 11.6 Å². The van der Waals surface area contributed by atoms with Gasteiger partial charge in [-0.3, -0.25) is 4.79 Å². The van der Waals surface area contributed by atoms with E-state index in [9.17, 15) is 13.2 Å². The van der Waals surface area contributed by atoms with Crippen molar-refractivity contribution in [2.45, 2.75) is 11.3 Å². The zero-order valence-corrected chi connectivity index (χ0v) is 15.4. The third-order valence-electron chi connectivity index (χ3n) is 3.37. The van der Waals surface area contributed by atoms with Gasteiger partial charge in [0.05, 0.1) is 23.8 Å². The van der Waals surface area contributed by atoms with E-state index in [2.05, 4.69) is 10.0 Å². The molecule has 0 aliphatic carbocycles. The Hall–Kier alpha value is -2.60. The zero-order valence-electron chi connectivity index (χ0n) is 13.8. The predicted octanol–water partition coefficient (Wildman–Crippen LogP) is 2.79. The van der Waals surface area contributed by atoms with Crippen molar-refractivity contribution in [2.24, 2.45) is 0 Å². The highest BCUT2D eigenvalue weighted by molar-refractivity contribution is 7.89. The number of nitrogens with one attached hydrogen (secondary N) is 2. The van der Waals surface area contributed by atoms with Gasteiger partial charge in [0.2, 0.25) is 10.0 Å². The number of hydrogen-bond donors (Lipinski definition) is 2. The van der Waals surface area contributed by atoms with Crippen molar-refractivity contribution < 1.29 is 17.9 Å². The summed E-state index contributed by atoms with van der Waals surface area (Å²) in [4.78, 5) is 12.4. The van der Waals surface area contributed by atoms with Crippen LogP contribution in [0, 0.1) is 11.3 Å². The third-order valence-corrected chi connectivity index (χ3v) is 5.08. The monoisotopic (exact) mass is 393 g/mol. The molecule has 0 aliphatic heterocycles. The zero-order chi connectivity index (χ0) is 19.2. The van der Waals surface area contributed by atoms with Gasteiger partial charge in [-0.25, -0.2) is 13.1 Å². The summed E-state index contributed by atoms with van der Waals surface area (Å²) in [6.07, 6.45) is 0.0706. The third kappa shape index (κ3) is 4.95. The first kappa shape index (κ1) is 19.7. The van der Waals surface area contributed by atoms with Crippen molar-refractivity contribution in [1.82, 2.24) is 4.72 Å². The minimum atomic E-state index is -3.72. The van der Waals surface area contributed by atoms with Gasteiger partial charge in [0, 0.05) is 23.6 Å². The van der Waals surface area contributed by atoms with Crippen molar-refractivity contribution in [3.05, 3.63) is 53.1 Å². The number of hydrogen-bond acceptors (Lipinski definition) is 5. The Morgan fingerprint density at radius 2 is 1.92 bits per heavy atom. The number of nitrogens with zero attached hydrogens (tertiary/aromatic N) is 1. The van der Waals surface area contributed by atoms with Crippen LogP contribution in [0.5, 0.6) is 5.75 Å². The molecule has 7 nitrogen and oxygen atoms in total. The number of anilines is 1. The molecule has 26 heavy (non-hydrogen) atoms. The summed E-state index contributed by atoms with van der Waals surface area (Å²) >= 11 is 5.93. The molecule has 0 saturated carbocycles. The quantitative estimate of drug-likeness (QED) is 0.703. The average Bonchev–Trinajstić information content (AvgIpc) is 2.62. The Kier molecular flexibility index (Phi) is 6.58. The molecule has 0 atom stereocenters. The molecule has 2 N–H and O–H groups in total. The van der Waals surface area contributed by atoms with Crippen LogP contribution in [0.2, 0.25) is 5.02 Å². The Bertz CT molecular complexity index is 937. The van der Waals surface area contributed by atoms with Crippen LogP contribution in [-0.2, 0) is 10.0 Å². The number of amides is 1. The van der Waals surface area contributed by atoms with Gasteiger partial charge >= 0.3 is 0 Å². The summed E-state index contributed by atoms with van der Waals surface area (Å²) < 4.78 is 31.6. The van der Waals surface area contributed by atoms with Crippen LogP contribution in [-0.4, -0.2) is 28.0 Å². The van der Waals surface area contributed by atoms with Gasteiger partial charge in [-0.05, 0) is 42.5 Å².